The molecule has 0 spiro atoms. The fourth-order valence-electron chi connectivity index (χ4n) is 2.82. The van der Waals surface area contributed by atoms with Crippen molar-refractivity contribution in [1.82, 2.24) is 9.97 Å². The average molecular weight is 238 g/mol. The molecule has 0 radical (unpaired) electrons. The standard InChI is InChI=1S/C16H18N2/c1-16(2,3)13-10-11-6-4-8-17-14(11)15-12(13)7-5-9-18-15/h4-9,13H,10H2,1-3H3. The normalized spacial score (nSPS) is 18.1. The van der Waals surface area contributed by atoms with Gasteiger partial charge in [0.2, 0.25) is 0 Å². The molecule has 18 heavy (non-hydrogen) atoms. The highest BCUT2D eigenvalue weighted by Crippen LogP contribution is 2.45. The third kappa shape index (κ3) is 1.72. The van der Waals surface area contributed by atoms with Gasteiger partial charge in [0.1, 0.15) is 0 Å². The summed E-state index contributed by atoms with van der Waals surface area (Å²) in [5, 5.41) is 0. The summed E-state index contributed by atoms with van der Waals surface area (Å²) in [7, 11) is 0. The minimum absolute atomic E-state index is 0.241. The van der Waals surface area contributed by atoms with Crippen molar-refractivity contribution in [3.05, 3.63) is 47.8 Å². The van der Waals surface area contributed by atoms with Crippen molar-refractivity contribution in [2.24, 2.45) is 5.41 Å². The summed E-state index contributed by atoms with van der Waals surface area (Å²) in [5.74, 6) is 0.512. The molecule has 1 atom stereocenters. The largest absolute Gasteiger partial charge is 0.254 e. The topological polar surface area (TPSA) is 25.8 Å². The molecular formula is C16H18N2. The number of hydrogen-bond acceptors (Lipinski definition) is 2. The van der Waals surface area contributed by atoms with Gasteiger partial charge in [-0.25, -0.2) is 0 Å². The van der Waals surface area contributed by atoms with E-state index < -0.39 is 0 Å². The Morgan fingerprint density at radius 1 is 1.00 bits per heavy atom. The molecule has 0 fully saturated rings. The van der Waals surface area contributed by atoms with Crippen LogP contribution in [0.1, 0.15) is 37.8 Å². The van der Waals surface area contributed by atoms with E-state index in [0.29, 0.717) is 5.92 Å². The van der Waals surface area contributed by atoms with Crippen LogP contribution in [0.5, 0.6) is 0 Å². The van der Waals surface area contributed by atoms with Crippen molar-refractivity contribution in [3.8, 4) is 11.4 Å². The predicted molar refractivity (Wildman–Crippen MR) is 73.4 cm³/mol. The summed E-state index contributed by atoms with van der Waals surface area (Å²) < 4.78 is 0. The number of pyridine rings is 2. The van der Waals surface area contributed by atoms with E-state index in [4.69, 9.17) is 0 Å². The van der Waals surface area contributed by atoms with Crippen molar-refractivity contribution in [2.45, 2.75) is 33.1 Å². The van der Waals surface area contributed by atoms with Gasteiger partial charge in [-0.3, -0.25) is 9.97 Å². The Kier molecular flexibility index (Phi) is 2.47. The van der Waals surface area contributed by atoms with E-state index in [-0.39, 0.29) is 5.41 Å². The van der Waals surface area contributed by atoms with Crippen LogP contribution in [-0.2, 0) is 6.42 Å². The SMILES string of the molecule is CC(C)(C)C1Cc2cccnc2-c2ncccc21. The molecule has 2 heteroatoms. The van der Waals surface area contributed by atoms with Crippen LogP contribution in [0.3, 0.4) is 0 Å². The van der Waals surface area contributed by atoms with E-state index in [1.807, 2.05) is 24.5 Å². The van der Waals surface area contributed by atoms with Crippen LogP contribution in [0.2, 0.25) is 0 Å². The Hall–Kier alpha value is -1.70. The number of nitrogens with zero attached hydrogens (tertiary/aromatic N) is 2. The molecule has 2 heterocycles. The minimum Gasteiger partial charge on any atom is -0.254 e. The number of aromatic nitrogens is 2. The highest BCUT2D eigenvalue weighted by atomic mass is 14.8. The van der Waals surface area contributed by atoms with Crippen LogP contribution in [0, 0.1) is 5.41 Å². The van der Waals surface area contributed by atoms with Crippen LogP contribution >= 0.6 is 0 Å². The lowest BCUT2D eigenvalue weighted by molar-refractivity contribution is 0.315. The summed E-state index contributed by atoms with van der Waals surface area (Å²) in [4.78, 5) is 9.08. The third-order valence-corrected chi connectivity index (χ3v) is 3.80. The highest BCUT2D eigenvalue weighted by Gasteiger charge is 2.33. The minimum atomic E-state index is 0.241. The van der Waals surface area contributed by atoms with Gasteiger partial charge in [-0.05, 0) is 41.0 Å². The van der Waals surface area contributed by atoms with Crippen LogP contribution in [-0.4, -0.2) is 9.97 Å². The Morgan fingerprint density at radius 2 is 1.67 bits per heavy atom. The summed E-state index contributed by atoms with van der Waals surface area (Å²) in [6, 6.07) is 8.44. The van der Waals surface area contributed by atoms with E-state index >= 15 is 0 Å². The molecule has 92 valence electrons. The van der Waals surface area contributed by atoms with Gasteiger partial charge in [-0.15, -0.1) is 0 Å². The van der Waals surface area contributed by atoms with Gasteiger partial charge in [-0.1, -0.05) is 32.9 Å². The molecule has 2 nitrogen and oxygen atoms in total. The molecule has 0 saturated heterocycles. The number of hydrogen-bond donors (Lipinski definition) is 0. The van der Waals surface area contributed by atoms with Gasteiger partial charge in [0.25, 0.3) is 0 Å². The van der Waals surface area contributed by atoms with Crippen LogP contribution < -0.4 is 0 Å². The van der Waals surface area contributed by atoms with Crippen LogP contribution in [0.4, 0.5) is 0 Å². The fraction of sp³-hybridized carbons (Fsp3) is 0.375. The first-order valence-electron chi connectivity index (χ1n) is 6.46. The third-order valence-electron chi connectivity index (χ3n) is 3.80. The van der Waals surface area contributed by atoms with Crippen LogP contribution in [0.15, 0.2) is 36.7 Å². The maximum atomic E-state index is 4.56. The first-order chi connectivity index (χ1) is 8.57. The molecule has 3 rings (SSSR count). The Morgan fingerprint density at radius 3 is 2.39 bits per heavy atom. The quantitative estimate of drug-likeness (QED) is 0.697. The first kappa shape index (κ1) is 11.4. The molecule has 0 amide bonds. The van der Waals surface area contributed by atoms with Crippen LogP contribution in [0.25, 0.3) is 11.4 Å². The summed E-state index contributed by atoms with van der Waals surface area (Å²) in [6.07, 6.45) is 4.78. The van der Waals surface area contributed by atoms with Gasteiger partial charge in [0, 0.05) is 12.4 Å². The molecule has 2 aromatic heterocycles. The molecule has 1 unspecified atom stereocenters. The molecule has 1 aliphatic carbocycles. The second-order valence-electron chi connectivity index (χ2n) is 6.08. The van der Waals surface area contributed by atoms with E-state index in [9.17, 15) is 0 Å². The van der Waals surface area contributed by atoms with Gasteiger partial charge >= 0.3 is 0 Å². The fourth-order valence-corrected chi connectivity index (χ4v) is 2.82. The molecule has 0 saturated carbocycles. The lowest BCUT2D eigenvalue weighted by Gasteiger charge is -2.35. The zero-order valence-corrected chi connectivity index (χ0v) is 11.1. The van der Waals surface area contributed by atoms with Gasteiger partial charge in [0.05, 0.1) is 11.4 Å². The van der Waals surface area contributed by atoms with E-state index in [1.165, 1.54) is 11.1 Å². The molecule has 1 aliphatic rings. The number of fused-ring (bicyclic) bond motifs is 3. The van der Waals surface area contributed by atoms with Crippen molar-refractivity contribution in [2.75, 3.05) is 0 Å². The molecule has 0 aromatic carbocycles. The second kappa shape index (κ2) is 3.91. The zero-order valence-electron chi connectivity index (χ0n) is 11.1. The Bertz CT molecular complexity index is 582. The van der Waals surface area contributed by atoms with Crippen molar-refractivity contribution < 1.29 is 0 Å². The zero-order chi connectivity index (χ0) is 12.8. The van der Waals surface area contributed by atoms with Crippen molar-refractivity contribution in [3.63, 3.8) is 0 Å². The maximum Gasteiger partial charge on any atom is 0.0924 e. The van der Waals surface area contributed by atoms with E-state index in [1.54, 1.807) is 0 Å². The highest BCUT2D eigenvalue weighted by molar-refractivity contribution is 5.66. The predicted octanol–water partition coefficient (Wildman–Crippen LogP) is 3.83. The summed E-state index contributed by atoms with van der Waals surface area (Å²) >= 11 is 0. The molecule has 0 N–H and O–H groups in total. The first-order valence-corrected chi connectivity index (χ1v) is 6.46. The Labute approximate surface area is 108 Å². The van der Waals surface area contributed by atoms with Gasteiger partial charge in [0.15, 0.2) is 0 Å². The lowest BCUT2D eigenvalue weighted by Crippen LogP contribution is -2.25. The molecule has 0 bridgehead atoms. The van der Waals surface area contributed by atoms with Crippen molar-refractivity contribution >= 4 is 0 Å². The molecular weight excluding hydrogens is 220 g/mol. The summed E-state index contributed by atoms with van der Waals surface area (Å²) in [6.45, 7) is 6.90. The molecule has 2 aromatic rings. The number of rotatable bonds is 0. The summed E-state index contributed by atoms with van der Waals surface area (Å²) in [5.41, 5.74) is 5.04. The van der Waals surface area contributed by atoms with Gasteiger partial charge < -0.3 is 0 Å². The average Bonchev–Trinajstić information content (AvgIpc) is 2.37. The smallest absolute Gasteiger partial charge is 0.0924 e. The second-order valence-corrected chi connectivity index (χ2v) is 6.08. The molecule has 0 aliphatic heterocycles. The maximum absolute atomic E-state index is 4.56. The monoisotopic (exact) mass is 238 g/mol. The van der Waals surface area contributed by atoms with Crippen molar-refractivity contribution in [1.29, 1.82) is 0 Å². The van der Waals surface area contributed by atoms with E-state index in [0.717, 1.165) is 17.8 Å². The Balaban J connectivity index is 2.23. The van der Waals surface area contributed by atoms with Gasteiger partial charge in [-0.2, -0.15) is 0 Å². The van der Waals surface area contributed by atoms with E-state index in [2.05, 4.69) is 42.9 Å². The lowest BCUT2D eigenvalue weighted by atomic mass is 9.70.